The molecule has 0 aliphatic heterocycles. The third-order valence-electron chi connectivity index (χ3n) is 5.78. The molecule has 0 amide bonds. The van der Waals surface area contributed by atoms with Crippen LogP contribution in [0.3, 0.4) is 0 Å². The van der Waals surface area contributed by atoms with E-state index in [4.69, 9.17) is 4.74 Å². The maximum Gasteiger partial charge on any atom is 0.349 e. The number of hydrogen-bond acceptors (Lipinski definition) is 4. The third kappa shape index (κ3) is 4.98. The molecule has 6 nitrogen and oxygen atoms in total. The summed E-state index contributed by atoms with van der Waals surface area (Å²) in [6.45, 7) is 10.3. The van der Waals surface area contributed by atoms with Crippen LogP contribution in [0.5, 0.6) is 0 Å². The van der Waals surface area contributed by atoms with Crippen LogP contribution in [0, 0.1) is 39.0 Å². The highest BCUT2D eigenvalue weighted by atomic mass is 16.5. The molecule has 0 spiro atoms. The average Bonchev–Trinajstić information content (AvgIpc) is 3.25. The zero-order valence-electron chi connectivity index (χ0n) is 19.8. The molecule has 1 aromatic carbocycles. The topological polar surface area (TPSA) is 77.0 Å². The first-order chi connectivity index (χ1) is 15.8. The maximum absolute atomic E-state index is 12.8. The number of carbonyl (C=O) groups is 2. The Balaban J connectivity index is 1.75. The van der Waals surface area contributed by atoms with Crippen LogP contribution in [0.15, 0.2) is 48.0 Å². The number of hydrogen-bond donors (Lipinski definition) is 0. The van der Waals surface area contributed by atoms with E-state index < -0.39 is 12.6 Å². The Morgan fingerprint density at radius 1 is 1.03 bits per heavy atom. The first kappa shape index (κ1) is 23.8. The number of esters is 1. The molecule has 2 heterocycles. The van der Waals surface area contributed by atoms with Crippen LogP contribution >= 0.6 is 0 Å². The van der Waals surface area contributed by atoms with Gasteiger partial charge in [0, 0.05) is 40.6 Å². The van der Waals surface area contributed by atoms with Crippen molar-refractivity contribution >= 4 is 17.8 Å². The fourth-order valence-corrected chi connectivity index (χ4v) is 4.14. The molecular weight excluding hydrogens is 414 g/mol. The molecule has 3 rings (SSSR count). The smallest absolute Gasteiger partial charge is 0.349 e. The number of carbonyl (C=O) groups excluding carboxylic acids is 2. The van der Waals surface area contributed by atoms with Crippen molar-refractivity contribution in [2.75, 3.05) is 6.61 Å². The summed E-state index contributed by atoms with van der Waals surface area (Å²) < 4.78 is 9.36. The monoisotopic (exact) mass is 443 g/mol. The van der Waals surface area contributed by atoms with E-state index in [9.17, 15) is 14.9 Å². The van der Waals surface area contributed by atoms with E-state index in [1.807, 2.05) is 74.7 Å². The number of aryl methyl sites for hydroxylation is 2. The van der Waals surface area contributed by atoms with Gasteiger partial charge in [-0.2, -0.15) is 5.26 Å². The van der Waals surface area contributed by atoms with Crippen molar-refractivity contribution in [3.05, 3.63) is 81.9 Å². The van der Waals surface area contributed by atoms with E-state index in [0.29, 0.717) is 5.56 Å². The molecule has 0 bridgehead atoms. The number of rotatable bonds is 8. The summed E-state index contributed by atoms with van der Waals surface area (Å²) in [6, 6.07) is 15.4. The van der Waals surface area contributed by atoms with Crippen molar-refractivity contribution in [3.8, 4) is 11.8 Å². The number of aromatic nitrogens is 2. The average molecular weight is 444 g/mol. The molecule has 2 aromatic heterocycles. The largest absolute Gasteiger partial charge is 0.453 e. The zero-order valence-corrected chi connectivity index (χ0v) is 19.8. The van der Waals surface area contributed by atoms with Gasteiger partial charge in [-0.3, -0.25) is 4.79 Å². The number of benzene rings is 1. The molecule has 0 aliphatic carbocycles. The van der Waals surface area contributed by atoms with Gasteiger partial charge in [0.05, 0.1) is 0 Å². The SMILES string of the molecule is CCCn1c(C)cc(C=C(C#N)C(=O)OCC(=O)c2cc(C)n(-c3ccccc3)c2C)c1C. The number of nitriles is 1. The van der Waals surface area contributed by atoms with Crippen molar-refractivity contribution in [1.29, 1.82) is 5.26 Å². The molecule has 6 heteroatoms. The second kappa shape index (κ2) is 10.2. The van der Waals surface area contributed by atoms with Crippen molar-refractivity contribution in [2.45, 2.75) is 47.6 Å². The maximum atomic E-state index is 12.8. The Morgan fingerprint density at radius 2 is 1.73 bits per heavy atom. The molecule has 0 saturated carbocycles. The summed E-state index contributed by atoms with van der Waals surface area (Å²) in [4.78, 5) is 25.4. The highest BCUT2D eigenvalue weighted by molar-refractivity contribution is 6.02. The molecule has 3 aromatic rings. The van der Waals surface area contributed by atoms with Crippen LogP contribution in [0.2, 0.25) is 0 Å². The first-order valence-corrected chi connectivity index (χ1v) is 11.0. The van der Waals surface area contributed by atoms with Gasteiger partial charge in [0.25, 0.3) is 0 Å². The molecule has 0 N–H and O–H groups in total. The van der Waals surface area contributed by atoms with E-state index in [-0.39, 0.29) is 11.4 Å². The fourth-order valence-electron chi connectivity index (χ4n) is 4.14. The highest BCUT2D eigenvalue weighted by Crippen LogP contribution is 2.22. The number of ether oxygens (including phenoxy) is 1. The summed E-state index contributed by atoms with van der Waals surface area (Å²) in [5.41, 5.74) is 5.86. The Labute approximate surface area is 194 Å². The molecule has 0 atom stereocenters. The molecule has 0 unspecified atom stereocenters. The zero-order chi connectivity index (χ0) is 24.1. The summed E-state index contributed by atoms with van der Waals surface area (Å²) in [6.07, 6.45) is 2.52. The van der Waals surface area contributed by atoms with Gasteiger partial charge in [-0.1, -0.05) is 25.1 Å². The van der Waals surface area contributed by atoms with Gasteiger partial charge in [0.1, 0.15) is 11.6 Å². The van der Waals surface area contributed by atoms with Crippen molar-refractivity contribution < 1.29 is 14.3 Å². The second-order valence-corrected chi connectivity index (χ2v) is 8.10. The molecule has 0 fully saturated rings. The lowest BCUT2D eigenvalue weighted by Crippen LogP contribution is -2.16. The summed E-state index contributed by atoms with van der Waals surface area (Å²) in [5, 5.41) is 9.51. The molecular formula is C27H29N3O3. The minimum absolute atomic E-state index is 0.130. The van der Waals surface area contributed by atoms with E-state index in [0.717, 1.165) is 47.0 Å². The van der Waals surface area contributed by atoms with Crippen LogP contribution in [-0.4, -0.2) is 27.5 Å². The van der Waals surface area contributed by atoms with Crippen molar-refractivity contribution in [2.24, 2.45) is 0 Å². The van der Waals surface area contributed by atoms with Crippen LogP contribution in [0.4, 0.5) is 0 Å². The van der Waals surface area contributed by atoms with Crippen molar-refractivity contribution in [3.63, 3.8) is 0 Å². The number of para-hydroxylation sites is 1. The minimum atomic E-state index is -0.803. The van der Waals surface area contributed by atoms with E-state index in [1.54, 1.807) is 6.07 Å². The van der Waals surface area contributed by atoms with Gasteiger partial charge >= 0.3 is 5.97 Å². The van der Waals surface area contributed by atoms with E-state index in [2.05, 4.69) is 11.5 Å². The minimum Gasteiger partial charge on any atom is -0.453 e. The molecule has 33 heavy (non-hydrogen) atoms. The number of ketones is 1. The van der Waals surface area contributed by atoms with Gasteiger partial charge in [0.15, 0.2) is 6.61 Å². The summed E-state index contributed by atoms with van der Waals surface area (Å²) in [5.74, 6) is -1.11. The standard InChI is InChI=1S/C27H29N3O3/c1-6-12-29-18(2)13-22(20(29)4)15-23(16-28)27(32)33-17-26(31)25-14-19(3)30(21(25)5)24-10-8-7-9-11-24/h7-11,13-15H,6,12,17H2,1-5H3. The van der Waals surface area contributed by atoms with E-state index in [1.165, 1.54) is 6.08 Å². The first-order valence-electron chi connectivity index (χ1n) is 11.0. The van der Waals surface area contributed by atoms with Crippen molar-refractivity contribution in [1.82, 2.24) is 9.13 Å². The Kier molecular flexibility index (Phi) is 7.34. The molecule has 0 aliphatic rings. The van der Waals surface area contributed by atoms with Gasteiger partial charge in [0.2, 0.25) is 5.78 Å². The predicted molar refractivity (Wildman–Crippen MR) is 128 cm³/mol. The van der Waals surface area contributed by atoms with Gasteiger partial charge in [-0.25, -0.2) is 4.79 Å². The molecule has 0 radical (unpaired) electrons. The van der Waals surface area contributed by atoms with Gasteiger partial charge < -0.3 is 13.9 Å². The molecule has 170 valence electrons. The normalized spacial score (nSPS) is 11.3. The van der Waals surface area contributed by atoms with Crippen LogP contribution in [-0.2, 0) is 16.1 Å². The summed E-state index contributed by atoms with van der Waals surface area (Å²) >= 11 is 0. The predicted octanol–water partition coefficient (Wildman–Crippen LogP) is 5.26. The van der Waals surface area contributed by atoms with E-state index >= 15 is 0 Å². The number of Topliss-reactive ketones (excluding diaryl/α,β-unsaturated/α-hetero) is 1. The lowest BCUT2D eigenvalue weighted by molar-refractivity contribution is -0.137. The van der Waals surface area contributed by atoms with Crippen LogP contribution in [0.1, 0.15) is 52.0 Å². The molecule has 0 saturated heterocycles. The summed E-state index contributed by atoms with van der Waals surface area (Å²) in [7, 11) is 0. The fraction of sp³-hybridized carbons (Fsp3) is 0.296. The highest BCUT2D eigenvalue weighted by Gasteiger charge is 2.20. The van der Waals surface area contributed by atoms with Gasteiger partial charge in [-0.15, -0.1) is 0 Å². The Bertz CT molecular complexity index is 1250. The quantitative estimate of drug-likeness (QED) is 0.206. The third-order valence-corrected chi connectivity index (χ3v) is 5.78. The Hall–Kier alpha value is -3.85. The number of nitrogens with zero attached hydrogens (tertiary/aromatic N) is 3. The second-order valence-electron chi connectivity index (χ2n) is 8.10. The van der Waals surface area contributed by atoms with Crippen LogP contribution < -0.4 is 0 Å². The lowest BCUT2D eigenvalue weighted by atomic mass is 10.1. The van der Waals surface area contributed by atoms with Crippen LogP contribution in [0.25, 0.3) is 11.8 Å². The van der Waals surface area contributed by atoms with Gasteiger partial charge in [-0.05, 0) is 70.0 Å². The lowest BCUT2D eigenvalue weighted by Gasteiger charge is -2.09. The Morgan fingerprint density at radius 3 is 2.36 bits per heavy atom.